The van der Waals surface area contributed by atoms with Gasteiger partial charge in [0.15, 0.2) is 0 Å². The zero-order valence-electron chi connectivity index (χ0n) is 12.2. The van der Waals surface area contributed by atoms with Crippen LogP contribution >= 0.6 is 11.6 Å². The third-order valence-corrected chi connectivity index (χ3v) is 3.69. The van der Waals surface area contributed by atoms with Crippen LogP contribution < -0.4 is 4.74 Å². The van der Waals surface area contributed by atoms with Gasteiger partial charge in [0.2, 0.25) is 5.91 Å². The summed E-state index contributed by atoms with van der Waals surface area (Å²) in [6.07, 6.45) is 0.297. The third-order valence-electron chi connectivity index (χ3n) is 3.33. The van der Waals surface area contributed by atoms with E-state index in [2.05, 4.69) is 0 Å². The van der Waals surface area contributed by atoms with Gasteiger partial charge in [-0.1, -0.05) is 48.0 Å². The van der Waals surface area contributed by atoms with Crippen LogP contribution in [0.2, 0.25) is 5.02 Å². The molecule has 21 heavy (non-hydrogen) atoms. The number of carbonyl (C=O) groups is 1. The Hall–Kier alpha value is -2.00. The van der Waals surface area contributed by atoms with Crippen LogP contribution in [0.1, 0.15) is 11.1 Å². The fourth-order valence-corrected chi connectivity index (χ4v) is 2.32. The van der Waals surface area contributed by atoms with Crippen molar-refractivity contribution in [1.82, 2.24) is 4.90 Å². The minimum atomic E-state index is 0.0222. The SMILES string of the molecule is COc1ccccc1CN(C)C(=O)Cc1ccccc1Cl. The molecule has 0 bridgehead atoms. The lowest BCUT2D eigenvalue weighted by Crippen LogP contribution is -2.28. The molecule has 0 spiro atoms. The van der Waals surface area contributed by atoms with Crippen molar-refractivity contribution in [1.29, 1.82) is 0 Å². The van der Waals surface area contributed by atoms with E-state index < -0.39 is 0 Å². The highest BCUT2D eigenvalue weighted by Gasteiger charge is 2.13. The summed E-state index contributed by atoms with van der Waals surface area (Å²) < 4.78 is 5.30. The number of para-hydroxylation sites is 1. The molecule has 4 heteroatoms. The van der Waals surface area contributed by atoms with Gasteiger partial charge in [0.25, 0.3) is 0 Å². The van der Waals surface area contributed by atoms with Crippen molar-refractivity contribution >= 4 is 17.5 Å². The van der Waals surface area contributed by atoms with Crippen LogP contribution in [0.25, 0.3) is 0 Å². The van der Waals surface area contributed by atoms with Gasteiger partial charge in [-0.05, 0) is 17.7 Å². The molecular weight excluding hydrogens is 286 g/mol. The average Bonchev–Trinajstić information content (AvgIpc) is 2.50. The van der Waals surface area contributed by atoms with E-state index in [4.69, 9.17) is 16.3 Å². The highest BCUT2D eigenvalue weighted by atomic mass is 35.5. The molecule has 0 atom stereocenters. The first-order valence-corrected chi connectivity index (χ1v) is 7.09. The van der Waals surface area contributed by atoms with Crippen LogP contribution in [0.4, 0.5) is 0 Å². The molecule has 0 saturated carbocycles. The molecule has 2 aromatic rings. The number of nitrogens with zero attached hydrogens (tertiary/aromatic N) is 1. The van der Waals surface area contributed by atoms with E-state index in [1.807, 2.05) is 42.5 Å². The number of amides is 1. The number of methoxy groups -OCH3 is 1. The highest BCUT2D eigenvalue weighted by molar-refractivity contribution is 6.31. The molecular formula is C17H18ClNO2. The predicted molar refractivity (Wildman–Crippen MR) is 84.6 cm³/mol. The third kappa shape index (κ3) is 3.99. The number of ether oxygens (including phenoxy) is 1. The second-order valence-corrected chi connectivity index (χ2v) is 5.24. The Morgan fingerprint density at radius 1 is 1.10 bits per heavy atom. The molecule has 2 rings (SSSR count). The van der Waals surface area contributed by atoms with E-state index in [1.54, 1.807) is 25.1 Å². The zero-order valence-corrected chi connectivity index (χ0v) is 12.9. The van der Waals surface area contributed by atoms with Gasteiger partial charge < -0.3 is 9.64 Å². The molecule has 0 aliphatic heterocycles. The number of benzene rings is 2. The fraction of sp³-hybridized carbons (Fsp3) is 0.235. The van der Waals surface area contributed by atoms with Crippen LogP contribution in [0.5, 0.6) is 5.75 Å². The maximum absolute atomic E-state index is 12.3. The molecule has 0 saturated heterocycles. The molecule has 0 aliphatic rings. The Morgan fingerprint density at radius 3 is 2.38 bits per heavy atom. The standard InChI is InChI=1S/C17H18ClNO2/c1-19(12-14-8-4-6-10-16(14)21-2)17(20)11-13-7-3-5-9-15(13)18/h3-10H,11-12H2,1-2H3. The number of hydrogen-bond donors (Lipinski definition) is 0. The monoisotopic (exact) mass is 303 g/mol. The van der Waals surface area contributed by atoms with Gasteiger partial charge >= 0.3 is 0 Å². The lowest BCUT2D eigenvalue weighted by molar-refractivity contribution is -0.129. The van der Waals surface area contributed by atoms with Gasteiger partial charge in [-0.2, -0.15) is 0 Å². The van der Waals surface area contributed by atoms with E-state index in [9.17, 15) is 4.79 Å². The number of carbonyl (C=O) groups excluding carboxylic acids is 1. The van der Waals surface area contributed by atoms with E-state index in [0.29, 0.717) is 18.0 Å². The Kier molecular flexibility index (Phi) is 5.23. The molecule has 0 aromatic heterocycles. The predicted octanol–water partition coefficient (Wildman–Crippen LogP) is 3.55. The van der Waals surface area contributed by atoms with E-state index >= 15 is 0 Å². The lowest BCUT2D eigenvalue weighted by atomic mass is 10.1. The fourth-order valence-electron chi connectivity index (χ4n) is 2.12. The number of hydrogen-bond acceptors (Lipinski definition) is 2. The minimum Gasteiger partial charge on any atom is -0.496 e. The molecule has 1 amide bonds. The summed E-state index contributed by atoms with van der Waals surface area (Å²) in [7, 11) is 3.41. The van der Waals surface area contributed by atoms with Crippen molar-refractivity contribution < 1.29 is 9.53 Å². The first-order chi connectivity index (χ1) is 10.1. The Bertz CT molecular complexity index is 628. The molecule has 0 aliphatic carbocycles. The number of likely N-dealkylation sites (N-methyl/N-ethyl adjacent to an activating group) is 1. The Morgan fingerprint density at radius 2 is 1.71 bits per heavy atom. The van der Waals surface area contributed by atoms with Crippen LogP contribution in [0.3, 0.4) is 0 Å². The van der Waals surface area contributed by atoms with Crippen LogP contribution in [0, 0.1) is 0 Å². The maximum Gasteiger partial charge on any atom is 0.227 e. The zero-order chi connectivity index (χ0) is 15.2. The summed E-state index contributed by atoms with van der Waals surface area (Å²) in [6.45, 7) is 0.507. The average molecular weight is 304 g/mol. The Labute approximate surface area is 130 Å². The summed E-state index contributed by atoms with van der Waals surface area (Å²) in [5, 5.41) is 0.622. The molecule has 3 nitrogen and oxygen atoms in total. The molecule has 0 unspecified atom stereocenters. The number of rotatable bonds is 5. The van der Waals surface area contributed by atoms with E-state index in [1.165, 1.54) is 0 Å². The van der Waals surface area contributed by atoms with Crippen molar-refractivity contribution in [3.8, 4) is 5.75 Å². The maximum atomic E-state index is 12.3. The van der Waals surface area contributed by atoms with Gasteiger partial charge in [-0.25, -0.2) is 0 Å². The van der Waals surface area contributed by atoms with Crippen LogP contribution in [-0.4, -0.2) is 25.0 Å². The van der Waals surface area contributed by atoms with Crippen LogP contribution in [-0.2, 0) is 17.8 Å². The normalized spacial score (nSPS) is 10.2. The molecule has 0 radical (unpaired) electrons. The second kappa shape index (κ2) is 7.14. The van der Waals surface area contributed by atoms with Gasteiger partial charge in [0, 0.05) is 24.2 Å². The van der Waals surface area contributed by atoms with Gasteiger partial charge in [-0.15, -0.1) is 0 Å². The summed E-state index contributed by atoms with van der Waals surface area (Å²) in [4.78, 5) is 14.0. The molecule has 2 aromatic carbocycles. The van der Waals surface area contributed by atoms with Gasteiger partial charge in [0.1, 0.15) is 5.75 Å². The summed E-state index contributed by atoms with van der Waals surface area (Å²) >= 11 is 6.09. The quantitative estimate of drug-likeness (QED) is 0.845. The van der Waals surface area contributed by atoms with E-state index in [-0.39, 0.29) is 5.91 Å². The van der Waals surface area contributed by atoms with Crippen molar-refractivity contribution in [2.45, 2.75) is 13.0 Å². The van der Waals surface area contributed by atoms with E-state index in [0.717, 1.165) is 16.9 Å². The van der Waals surface area contributed by atoms with Gasteiger partial charge in [-0.3, -0.25) is 4.79 Å². The van der Waals surface area contributed by atoms with Crippen molar-refractivity contribution in [3.63, 3.8) is 0 Å². The van der Waals surface area contributed by atoms with Crippen molar-refractivity contribution in [2.75, 3.05) is 14.2 Å². The minimum absolute atomic E-state index is 0.0222. The first kappa shape index (κ1) is 15.4. The Balaban J connectivity index is 2.05. The summed E-state index contributed by atoms with van der Waals surface area (Å²) in [5.41, 5.74) is 1.83. The first-order valence-electron chi connectivity index (χ1n) is 6.71. The molecule has 110 valence electrons. The smallest absolute Gasteiger partial charge is 0.227 e. The number of halogens is 1. The summed E-state index contributed by atoms with van der Waals surface area (Å²) in [5.74, 6) is 0.809. The largest absolute Gasteiger partial charge is 0.496 e. The second-order valence-electron chi connectivity index (χ2n) is 4.83. The highest BCUT2D eigenvalue weighted by Crippen LogP contribution is 2.20. The van der Waals surface area contributed by atoms with Crippen LogP contribution in [0.15, 0.2) is 48.5 Å². The summed E-state index contributed by atoms with van der Waals surface area (Å²) in [6, 6.07) is 15.1. The lowest BCUT2D eigenvalue weighted by Gasteiger charge is -2.19. The van der Waals surface area contributed by atoms with Gasteiger partial charge in [0.05, 0.1) is 13.5 Å². The molecule has 0 heterocycles. The molecule has 0 fully saturated rings. The topological polar surface area (TPSA) is 29.5 Å². The molecule has 0 N–H and O–H groups in total. The van der Waals surface area contributed by atoms with Crippen molar-refractivity contribution in [3.05, 3.63) is 64.7 Å². The van der Waals surface area contributed by atoms with Crippen molar-refractivity contribution in [2.24, 2.45) is 0 Å².